The molecule has 0 heterocycles. The topological polar surface area (TPSA) is 35.5 Å². The number of carbonyl (C=O) groups excluding carboxylic acids is 1. The third-order valence-electron chi connectivity index (χ3n) is 1.97. The molecule has 82 valence electrons. The number of aryl methyl sites for hydroxylation is 1. The normalized spacial score (nSPS) is 9.87. The Morgan fingerprint density at radius 1 is 1.47 bits per heavy atom. The third kappa shape index (κ3) is 2.46. The maximum atomic E-state index is 13.4. The maximum absolute atomic E-state index is 13.4. The average molecular weight is 212 g/mol. The molecule has 0 amide bonds. The Morgan fingerprint density at radius 3 is 2.67 bits per heavy atom. The molecule has 0 aliphatic heterocycles. The predicted octanol–water partition coefficient (Wildman–Crippen LogP) is 2.32. The van der Waals surface area contributed by atoms with Gasteiger partial charge in [-0.05, 0) is 25.5 Å². The van der Waals surface area contributed by atoms with Crippen LogP contribution in [-0.2, 0) is 4.74 Å². The second kappa shape index (κ2) is 4.77. The highest BCUT2D eigenvalue weighted by Crippen LogP contribution is 2.22. The molecule has 1 aromatic carbocycles. The molecule has 3 nitrogen and oxygen atoms in total. The number of halogens is 1. The summed E-state index contributed by atoms with van der Waals surface area (Å²) in [5, 5.41) is 0. The van der Waals surface area contributed by atoms with E-state index in [4.69, 9.17) is 4.74 Å². The number of benzene rings is 1. The molecule has 0 unspecified atom stereocenters. The first-order valence-corrected chi connectivity index (χ1v) is 4.61. The second-order valence-corrected chi connectivity index (χ2v) is 3.02. The van der Waals surface area contributed by atoms with Crippen LogP contribution in [0, 0.1) is 12.7 Å². The molecule has 0 aromatic heterocycles. The number of ether oxygens (including phenoxy) is 2. The summed E-state index contributed by atoms with van der Waals surface area (Å²) >= 11 is 0. The number of hydrogen-bond acceptors (Lipinski definition) is 3. The molecule has 0 fully saturated rings. The summed E-state index contributed by atoms with van der Waals surface area (Å²) < 4.78 is 23.1. The van der Waals surface area contributed by atoms with Crippen molar-refractivity contribution < 1.29 is 18.7 Å². The lowest BCUT2D eigenvalue weighted by atomic mass is 10.1. The monoisotopic (exact) mass is 212 g/mol. The molecular weight excluding hydrogens is 199 g/mol. The number of hydrogen-bond donors (Lipinski definition) is 0. The van der Waals surface area contributed by atoms with Gasteiger partial charge in [0.15, 0.2) is 0 Å². The molecule has 0 aliphatic rings. The van der Waals surface area contributed by atoms with Gasteiger partial charge in [0.1, 0.15) is 11.6 Å². The van der Waals surface area contributed by atoms with Crippen LogP contribution >= 0.6 is 0 Å². The quantitative estimate of drug-likeness (QED) is 0.721. The van der Waals surface area contributed by atoms with Crippen molar-refractivity contribution in [2.24, 2.45) is 0 Å². The van der Waals surface area contributed by atoms with E-state index < -0.39 is 11.8 Å². The van der Waals surface area contributed by atoms with E-state index in [0.29, 0.717) is 17.9 Å². The molecule has 15 heavy (non-hydrogen) atoms. The van der Waals surface area contributed by atoms with E-state index >= 15 is 0 Å². The summed E-state index contributed by atoms with van der Waals surface area (Å²) in [7, 11) is 1.22. The average Bonchev–Trinajstić information content (AvgIpc) is 2.22. The minimum absolute atomic E-state index is 0.0709. The Morgan fingerprint density at radius 2 is 2.13 bits per heavy atom. The lowest BCUT2D eigenvalue weighted by molar-refractivity contribution is 0.0595. The minimum Gasteiger partial charge on any atom is -0.493 e. The summed E-state index contributed by atoms with van der Waals surface area (Å²) in [6.45, 7) is 4.01. The largest absolute Gasteiger partial charge is 0.493 e. The molecule has 0 N–H and O–H groups in total. The summed E-state index contributed by atoms with van der Waals surface area (Å²) in [5.41, 5.74) is 0.636. The molecule has 4 heteroatoms. The van der Waals surface area contributed by atoms with Gasteiger partial charge in [-0.1, -0.05) is 0 Å². The van der Waals surface area contributed by atoms with Gasteiger partial charge >= 0.3 is 5.97 Å². The molecule has 0 saturated heterocycles. The van der Waals surface area contributed by atoms with Gasteiger partial charge in [-0.25, -0.2) is 9.18 Å². The van der Waals surface area contributed by atoms with Crippen molar-refractivity contribution in [1.29, 1.82) is 0 Å². The van der Waals surface area contributed by atoms with Crippen molar-refractivity contribution in [2.75, 3.05) is 13.7 Å². The number of methoxy groups -OCH3 is 1. The van der Waals surface area contributed by atoms with Crippen molar-refractivity contribution >= 4 is 5.97 Å². The molecular formula is C11H13FO3. The van der Waals surface area contributed by atoms with E-state index in [1.165, 1.54) is 19.2 Å². The van der Waals surface area contributed by atoms with E-state index in [0.717, 1.165) is 0 Å². The fraction of sp³-hybridized carbons (Fsp3) is 0.364. The van der Waals surface area contributed by atoms with Gasteiger partial charge in [-0.15, -0.1) is 0 Å². The Labute approximate surface area is 87.8 Å². The fourth-order valence-corrected chi connectivity index (χ4v) is 1.24. The van der Waals surface area contributed by atoms with Gasteiger partial charge in [0.2, 0.25) is 0 Å². The van der Waals surface area contributed by atoms with Gasteiger partial charge in [0.05, 0.1) is 19.3 Å². The van der Waals surface area contributed by atoms with Crippen LogP contribution in [0.1, 0.15) is 22.8 Å². The standard InChI is InChI=1S/C11H13FO3/c1-4-15-10-6-9(12)8(5-7(10)2)11(13)14-3/h5-6H,4H2,1-3H3. The zero-order chi connectivity index (χ0) is 11.4. The first kappa shape index (κ1) is 11.5. The van der Waals surface area contributed by atoms with Crippen LogP contribution in [0.2, 0.25) is 0 Å². The summed E-state index contributed by atoms with van der Waals surface area (Å²) in [4.78, 5) is 11.2. The highest BCUT2D eigenvalue weighted by atomic mass is 19.1. The van der Waals surface area contributed by atoms with Crippen LogP contribution in [0.25, 0.3) is 0 Å². The lowest BCUT2D eigenvalue weighted by Crippen LogP contribution is -2.06. The number of esters is 1. The molecule has 0 spiro atoms. The van der Waals surface area contributed by atoms with E-state index in [1.807, 2.05) is 6.92 Å². The Balaban J connectivity index is 3.13. The highest BCUT2D eigenvalue weighted by Gasteiger charge is 2.14. The van der Waals surface area contributed by atoms with Crippen molar-refractivity contribution in [3.63, 3.8) is 0 Å². The Kier molecular flexibility index (Phi) is 3.66. The SMILES string of the molecule is CCOc1cc(F)c(C(=O)OC)cc1C. The van der Waals surface area contributed by atoms with Gasteiger partial charge in [-0.2, -0.15) is 0 Å². The summed E-state index contributed by atoms with van der Waals surface area (Å²) in [6, 6.07) is 2.62. The minimum atomic E-state index is -0.682. The van der Waals surface area contributed by atoms with Gasteiger partial charge in [0.25, 0.3) is 0 Å². The van der Waals surface area contributed by atoms with Crippen LogP contribution in [0.15, 0.2) is 12.1 Å². The number of rotatable bonds is 3. The van der Waals surface area contributed by atoms with Gasteiger partial charge < -0.3 is 9.47 Å². The molecule has 0 aliphatic carbocycles. The lowest BCUT2D eigenvalue weighted by Gasteiger charge is -2.09. The molecule has 0 saturated carbocycles. The zero-order valence-corrected chi connectivity index (χ0v) is 8.96. The van der Waals surface area contributed by atoms with Crippen LogP contribution in [0.5, 0.6) is 5.75 Å². The van der Waals surface area contributed by atoms with Crippen LogP contribution < -0.4 is 4.74 Å². The second-order valence-electron chi connectivity index (χ2n) is 3.02. The smallest absolute Gasteiger partial charge is 0.340 e. The molecule has 0 radical (unpaired) electrons. The zero-order valence-electron chi connectivity index (χ0n) is 8.96. The maximum Gasteiger partial charge on any atom is 0.340 e. The highest BCUT2D eigenvalue weighted by molar-refractivity contribution is 5.90. The van der Waals surface area contributed by atoms with Gasteiger partial charge in [0, 0.05) is 6.07 Å². The van der Waals surface area contributed by atoms with Crippen molar-refractivity contribution in [3.8, 4) is 5.75 Å². The molecule has 0 bridgehead atoms. The Bertz CT molecular complexity index is 374. The van der Waals surface area contributed by atoms with Crippen molar-refractivity contribution in [2.45, 2.75) is 13.8 Å². The van der Waals surface area contributed by atoms with Crippen molar-refractivity contribution in [1.82, 2.24) is 0 Å². The predicted molar refractivity (Wildman–Crippen MR) is 53.6 cm³/mol. The Hall–Kier alpha value is -1.58. The van der Waals surface area contributed by atoms with E-state index in [1.54, 1.807) is 6.92 Å². The number of carbonyl (C=O) groups is 1. The van der Waals surface area contributed by atoms with Crippen molar-refractivity contribution in [3.05, 3.63) is 29.1 Å². The molecule has 1 aromatic rings. The van der Waals surface area contributed by atoms with Crippen LogP contribution in [0.4, 0.5) is 4.39 Å². The summed E-state index contributed by atoms with van der Waals surface area (Å²) in [5.74, 6) is -0.864. The van der Waals surface area contributed by atoms with Crippen LogP contribution in [0.3, 0.4) is 0 Å². The first-order valence-electron chi connectivity index (χ1n) is 4.61. The first-order chi connectivity index (χ1) is 7.10. The molecule has 1 rings (SSSR count). The van der Waals surface area contributed by atoms with Crippen LogP contribution in [-0.4, -0.2) is 19.7 Å². The van der Waals surface area contributed by atoms with E-state index in [9.17, 15) is 9.18 Å². The third-order valence-corrected chi connectivity index (χ3v) is 1.97. The fourth-order valence-electron chi connectivity index (χ4n) is 1.24. The molecule has 0 atom stereocenters. The summed E-state index contributed by atoms with van der Waals surface area (Å²) in [6.07, 6.45) is 0. The van der Waals surface area contributed by atoms with Gasteiger partial charge in [-0.3, -0.25) is 0 Å². The van der Waals surface area contributed by atoms with E-state index in [-0.39, 0.29) is 5.56 Å². The van der Waals surface area contributed by atoms with E-state index in [2.05, 4.69) is 4.74 Å².